The number of nitrogen functional groups attached to an aromatic ring is 1. The Bertz CT molecular complexity index is 1140. The number of hydrogen-bond acceptors (Lipinski definition) is 6. The number of nitrogens with one attached hydrogen (secondary N) is 2. The summed E-state index contributed by atoms with van der Waals surface area (Å²) in [7, 11) is -2.78. The second-order valence-electron chi connectivity index (χ2n) is 5.68. The Kier molecular flexibility index (Phi) is 5.23. The highest BCUT2D eigenvalue weighted by Crippen LogP contribution is 2.25. The summed E-state index contributed by atoms with van der Waals surface area (Å²) in [5, 5.41) is 2.39. The van der Waals surface area contributed by atoms with E-state index in [4.69, 9.17) is 5.73 Å². The molecule has 0 spiro atoms. The van der Waals surface area contributed by atoms with Gasteiger partial charge in [-0.05, 0) is 30.3 Å². The van der Waals surface area contributed by atoms with E-state index in [0.29, 0.717) is 5.69 Å². The number of carbonyl (C=O) groups excluding carboxylic acids is 1. The highest BCUT2D eigenvalue weighted by molar-refractivity contribution is 7.92. The molecular weight excluding hydrogens is 385 g/mol. The standard InChI is InChI=1S/C18H16FN5O3S/c1-21-18(25)16-17(20)22-10-14(23-16)11-7-8-13(19)15(9-11)28(26,27)24-12-5-3-2-4-6-12/h2-10,24H,1H3,(H2,20,22)(H,21,25). The third-order valence-electron chi connectivity index (χ3n) is 3.79. The number of sulfonamides is 1. The van der Waals surface area contributed by atoms with E-state index in [1.165, 1.54) is 19.3 Å². The summed E-state index contributed by atoms with van der Waals surface area (Å²) in [5.41, 5.74) is 6.26. The van der Waals surface area contributed by atoms with Crippen LogP contribution in [0.15, 0.2) is 59.6 Å². The Morgan fingerprint density at radius 3 is 2.54 bits per heavy atom. The summed E-state index contributed by atoms with van der Waals surface area (Å²) in [4.78, 5) is 19.3. The van der Waals surface area contributed by atoms with Gasteiger partial charge in [0.25, 0.3) is 15.9 Å². The largest absolute Gasteiger partial charge is 0.382 e. The molecule has 10 heteroatoms. The van der Waals surface area contributed by atoms with Crippen LogP contribution in [0.2, 0.25) is 0 Å². The highest BCUT2D eigenvalue weighted by Gasteiger charge is 2.21. The summed E-state index contributed by atoms with van der Waals surface area (Å²) in [6.45, 7) is 0. The predicted molar refractivity (Wildman–Crippen MR) is 102 cm³/mol. The number of halogens is 1. The van der Waals surface area contributed by atoms with Gasteiger partial charge >= 0.3 is 0 Å². The lowest BCUT2D eigenvalue weighted by atomic mass is 10.1. The van der Waals surface area contributed by atoms with Crippen molar-refractivity contribution >= 4 is 27.4 Å². The molecule has 28 heavy (non-hydrogen) atoms. The van der Waals surface area contributed by atoms with Crippen molar-refractivity contribution in [3.63, 3.8) is 0 Å². The maximum atomic E-state index is 14.3. The second kappa shape index (κ2) is 7.61. The zero-order chi connectivity index (χ0) is 20.3. The molecule has 2 aromatic carbocycles. The minimum Gasteiger partial charge on any atom is -0.382 e. The SMILES string of the molecule is CNC(=O)c1nc(-c2ccc(F)c(S(=O)(=O)Nc3ccccc3)c2)cnc1N. The van der Waals surface area contributed by atoms with Crippen LogP contribution < -0.4 is 15.8 Å². The molecule has 3 rings (SSSR count). The van der Waals surface area contributed by atoms with E-state index in [1.54, 1.807) is 30.3 Å². The third-order valence-corrected chi connectivity index (χ3v) is 5.18. The van der Waals surface area contributed by atoms with Crippen LogP contribution in [-0.2, 0) is 10.0 Å². The Balaban J connectivity index is 2.04. The van der Waals surface area contributed by atoms with Crippen molar-refractivity contribution in [2.24, 2.45) is 0 Å². The number of benzene rings is 2. The Morgan fingerprint density at radius 2 is 1.86 bits per heavy atom. The van der Waals surface area contributed by atoms with Crippen molar-refractivity contribution in [3.8, 4) is 11.3 Å². The number of nitrogens with zero attached hydrogens (tertiary/aromatic N) is 2. The molecule has 0 saturated heterocycles. The molecule has 0 aliphatic carbocycles. The average Bonchev–Trinajstić information content (AvgIpc) is 2.68. The maximum absolute atomic E-state index is 14.3. The fourth-order valence-corrected chi connectivity index (χ4v) is 3.57. The lowest BCUT2D eigenvalue weighted by Gasteiger charge is -2.11. The monoisotopic (exact) mass is 401 g/mol. The van der Waals surface area contributed by atoms with Crippen molar-refractivity contribution in [3.05, 3.63) is 66.2 Å². The van der Waals surface area contributed by atoms with Crippen LogP contribution in [0.3, 0.4) is 0 Å². The van der Waals surface area contributed by atoms with Crippen LogP contribution in [0.4, 0.5) is 15.9 Å². The molecule has 1 heterocycles. The number of amides is 1. The predicted octanol–water partition coefficient (Wildman–Crippen LogP) is 2.03. The first-order valence-corrected chi connectivity index (χ1v) is 9.52. The average molecular weight is 401 g/mol. The summed E-state index contributed by atoms with van der Waals surface area (Å²) in [6.07, 6.45) is 1.27. The van der Waals surface area contributed by atoms with E-state index >= 15 is 0 Å². The number of carbonyl (C=O) groups is 1. The topological polar surface area (TPSA) is 127 Å². The Hall–Kier alpha value is -3.53. The molecule has 8 nitrogen and oxygen atoms in total. The van der Waals surface area contributed by atoms with Crippen LogP contribution in [0.5, 0.6) is 0 Å². The zero-order valence-electron chi connectivity index (χ0n) is 14.7. The fourth-order valence-electron chi connectivity index (χ4n) is 2.41. The third kappa shape index (κ3) is 3.91. The van der Waals surface area contributed by atoms with Crippen molar-refractivity contribution in [2.45, 2.75) is 4.90 Å². The molecule has 0 aliphatic rings. The Morgan fingerprint density at radius 1 is 1.14 bits per heavy atom. The molecule has 0 fully saturated rings. The number of para-hydroxylation sites is 1. The molecule has 0 aliphatic heterocycles. The van der Waals surface area contributed by atoms with E-state index in [-0.39, 0.29) is 22.8 Å². The van der Waals surface area contributed by atoms with Crippen molar-refractivity contribution in [1.29, 1.82) is 0 Å². The van der Waals surface area contributed by atoms with Gasteiger partial charge < -0.3 is 11.1 Å². The molecular formula is C18H16FN5O3S. The van der Waals surface area contributed by atoms with Gasteiger partial charge in [0.05, 0.1) is 11.9 Å². The molecule has 0 saturated carbocycles. The molecule has 144 valence electrons. The minimum absolute atomic E-state index is 0.0798. The first kappa shape index (κ1) is 19.2. The van der Waals surface area contributed by atoms with Gasteiger partial charge in [0.1, 0.15) is 10.7 Å². The molecule has 1 amide bonds. The molecule has 0 bridgehead atoms. The first-order chi connectivity index (χ1) is 13.3. The number of nitrogens with two attached hydrogens (primary N) is 1. The molecule has 4 N–H and O–H groups in total. The van der Waals surface area contributed by atoms with Crippen molar-refractivity contribution < 1.29 is 17.6 Å². The summed E-state index contributed by atoms with van der Waals surface area (Å²) < 4.78 is 41.8. The number of rotatable bonds is 5. The van der Waals surface area contributed by atoms with Gasteiger partial charge in [-0.15, -0.1) is 0 Å². The quantitative estimate of drug-likeness (QED) is 0.600. The van der Waals surface area contributed by atoms with E-state index in [1.807, 2.05) is 0 Å². The number of anilines is 2. The number of hydrogen-bond donors (Lipinski definition) is 3. The van der Waals surface area contributed by atoms with Crippen molar-refractivity contribution in [1.82, 2.24) is 15.3 Å². The fraction of sp³-hybridized carbons (Fsp3) is 0.0556. The van der Waals surface area contributed by atoms with Gasteiger partial charge in [-0.3, -0.25) is 9.52 Å². The summed E-state index contributed by atoms with van der Waals surface area (Å²) in [6, 6.07) is 11.6. The van der Waals surface area contributed by atoms with Crippen LogP contribution >= 0.6 is 0 Å². The van der Waals surface area contributed by atoms with Crippen LogP contribution in [-0.4, -0.2) is 31.3 Å². The minimum atomic E-state index is -4.19. The van der Waals surface area contributed by atoms with Gasteiger partial charge in [-0.2, -0.15) is 0 Å². The van der Waals surface area contributed by atoms with E-state index in [0.717, 1.165) is 12.1 Å². The molecule has 0 unspecified atom stereocenters. The zero-order valence-corrected chi connectivity index (χ0v) is 15.5. The Labute approximate surface area is 160 Å². The van der Waals surface area contributed by atoms with Crippen LogP contribution in [0.25, 0.3) is 11.3 Å². The first-order valence-electron chi connectivity index (χ1n) is 8.04. The van der Waals surface area contributed by atoms with Crippen LogP contribution in [0.1, 0.15) is 10.5 Å². The normalized spacial score (nSPS) is 11.1. The summed E-state index contributed by atoms with van der Waals surface area (Å²) in [5.74, 6) is -1.56. The van der Waals surface area contributed by atoms with Gasteiger partial charge in [-0.25, -0.2) is 22.8 Å². The van der Waals surface area contributed by atoms with E-state index in [9.17, 15) is 17.6 Å². The van der Waals surface area contributed by atoms with Crippen molar-refractivity contribution in [2.75, 3.05) is 17.5 Å². The van der Waals surface area contributed by atoms with E-state index in [2.05, 4.69) is 20.0 Å². The van der Waals surface area contributed by atoms with Gasteiger partial charge in [0, 0.05) is 18.3 Å². The molecule has 1 aromatic heterocycles. The lowest BCUT2D eigenvalue weighted by Crippen LogP contribution is -2.21. The molecule has 3 aromatic rings. The lowest BCUT2D eigenvalue weighted by molar-refractivity contribution is 0.0959. The second-order valence-corrected chi connectivity index (χ2v) is 7.34. The number of aromatic nitrogens is 2. The molecule has 0 radical (unpaired) electrons. The smallest absolute Gasteiger partial charge is 0.273 e. The van der Waals surface area contributed by atoms with Gasteiger partial charge in [-0.1, -0.05) is 18.2 Å². The molecule has 0 atom stereocenters. The van der Waals surface area contributed by atoms with Crippen LogP contribution in [0, 0.1) is 5.82 Å². The summed E-state index contributed by atoms with van der Waals surface area (Å²) >= 11 is 0. The van der Waals surface area contributed by atoms with Gasteiger partial charge in [0.15, 0.2) is 11.5 Å². The van der Waals surface area contributed by atoms with E-state index < -0.39 is 26.6 Å². The maximum Gasteiger partial charge on any atom is 0.273 e. The van der Waals surface area contributed by atoms with Gasteiger partial charge in [0.2, 0.25) is 0 Å². The highest BCUT2D eigenvalue weighted by atomic mass is 32.2.